The third-order valence-electron chi connectivity index (χ3n) is 3.50. The molecule has 0 spiro atoms. The average Bonchev–Trinajstić information content (AvgIpc) is 2.83. The lowest BCUT2D eigenvalue weighted by atomic mass is 10.1. The van der Waals surface area contributed by atoms with Crippen molar-refractivity contribution < 1.29 is 24.2 Å². The number of carboxylic acid groups (broad SMARTS) is 1. The first kappa shape index (κ1) is 17.6. The second-order valence-electron chi connectivity index (χ2n) is 5.77. The van der Waals surface area contributed by atoms with Crippen LogP contribution in [0.4, 0.5) is 4.39 Å². The van der Waals surface area contributed by atoms with Crippen molar-refractivity contribution in [3.63, 3.8) is 0 Å². The van der Waals surface area contributed by atoms with E-state index in [1.165, 1.54) is 16.8 Å². The van der Waals surface area contributed by atoms with Crippen molar-refractivity contribution >= 4 is 11.9 Å². The molecule has 0 bridgehead atoms. The fourth-order valence-corrected chi connectivity index (χ4v) is 2.12. The summed E-state index contributed by atoms with van der Waals surface area (Å²) in [5.41, 5.74) is -0.392. The van der Waals surface area contributed by atoms with Gasteiger partial charge in [-0.05, 0) is 45.0 Å². The second kappa shape index (κ2) is 6.40. The lowest BCUT2D eigenvalue weighted by molar-refractivity contribution is -0.155. The largest absolute Gasteiger partial charge is 0.479 e. The molecule has 0 aliphatic heterocycles. The number of hydrogen-bond acceptors (Lipinski definition) is 4. The number of nitrogens with one attached hydrogen (secondary N) is 1. The third kappa shape index (κ3) is 3.60. The number of halogens is 1. The van der Waals surface area contributed by atoms with Gasteiger partial charge in [0.2, 0.25) is 0 Å². The van der Waals surface area contributed by atoms with E-state index in [4.69, 9.17) is 5.11 Å². The van der Waals surface area contributed by atoms with Gasteiger partial charge in [-0.15, -0.1) is 0 Å². The topological polar surface area (TPSA) is 104 Å². The van der Waals surface area contributed by atoms with Gasteiger partial charge in [0, 0.05) is 11.3 Å². The van der Waals surface area contributed by atoms with E-state index in [-0.39, 0.29) is 11.3 Å². The maximum absolute atomic E-state index is 14.3. The summed E-state index contributed by atoms with van der Waals surface area (Å²) < 4.78 is 15.7. The van der Waals surface area contributed by atoms with Gasteiger partial charge in [-0.3, -0.25) is 4.79 Å². The van der Waals surface area contributed by atoms with Crippen molar-refractivity contribution in [2.24, 2.45) is 0 Å². The van der Waals surface area contributed by atoms with Gasteiger partial charge in [-0.1, -0.05) is 0 Å². The fraction of sp³-hybridized carbons (Fsp3) is 0.312. The van der Waals surface area contributed by atoms with Gasteiger partial charge in [0.25, 0.3) is 5.91 Å². The molecule has 1 unspecified atom stereocenters. The monoisotopic (exact) mass is 335 g/mol. The Bertz CT molecular complexity index is 799. The van der Waals surface area contributed by atoms with Crippen molar-refractivity contribution in [3.05, 3.63) is 47.0 Å². The van der Waals surface area contributed by atoms with Crippen LogP contribution >= 0.6 is 0 Å². The third-order valence-corrected chi connectivity index (χ3v) is 3.50. The van der Waals surface area contributed by atoms with Crippen LogP contribution in [0.5, 0.6) is 0 Å². The highest BCUT2D eigenvalue weighted by Gasteiger charge is 2.30. The summed E-state index contributed by atoms with van der Waals surface area (Å²) in [5.74, 6) is -2.79. The number of carbonyl (C=O) groups is 2. The second-order valence-corrected chi connectivity index (χ2v) is 5.77. The molecule has 128 valence electrons. The number of aliphatic carboxylic acids is 1. The summed E-state index contributed by atoms with van der Waals surface area (Å²) >= 11 is 0. The van der Waals surface area contributed by atoms with E-state index in [0.29, 0.717) is 0 Å². The molecule has 1 atom stereocenters. The predicted molar refractivity (Wildman–Crippen MR) is 83.6 cm³/mol. The van der Waals surface area contributed by atoms with Crippen LogP contribution in [-0.2, 0) is 4.79 Å². The lowest BCUT2D eigenvalue weighted by Gasteiger charge is -2.18. The molecule has 3 N–H and O–H groups in total. The molecular formula is C16H18FN3O4. The van der Waals surface area contributed by atoms with Crippen LogP contribution in [0.2, 0.25) is 0 Å². The maximum Gasteiger partial charge on any atom is 0.337 e. The van der Waals surface area contributed by atoms with Gasteiger partial charge in [-0.25, -0.2) is 13.9 Å². The van der Waals surface area contributed by atoms with Crippen molar-refractivity contribution in [3.8, 4) is 5.69 Å². The number of rotatable bonds is 5. The summed E-state index contributed by atoms with van der Waals surface area (Å²) in [6.45, 7) is 4.13. The standard InChI is InChI=1S/C16H18FN3O4/c1-9-6-10(2)20(19-9)13-5-4-11(7-12(13)17)14(21)18-8-16(3,24)15(22)23/h4-7,24H,8H2,1-3H3,(H,18,21)(H,22,23). The van der Waals surface area contributed by atoms with Crippen LogP contribution in [0.3, 0.4) is 0 Å². The Morgan fingerprint density at radius 1 is 1.33 bits per heavy atom. The van der Waals surface area contributed by atoms with Crippen LogP contribution in [0.1, 0.15) is 28.7 Å². The number of nitrogens with zero attached hydrogens (tertiary/aromatic N) is 2. The molecule has 1 aromatic heterocycles. The zero-order valence-corrected chi connectivity index (χ0v) is 13.5. The minimum absolute atomic E-state index is 0.0129. The smallest absolute Gasteiger partial charge is 0.337 e. The van der Waals surface area contributed by atoms with E-state index < -0.39 is 29.8 Å². The Morgan fingerprint density at radius 2 is 2.00 bits per heavy atom. The predicted octanol–water partition coefficient (Wildman–Crippen LogP) is 1.19. The van der Waals surface area contributed by atoms with Gasteiger partial charge in [0.05, 0.1) is 12.2 Å². The molecular weight excluding hydrogens is 317 g/mol. The molecule has 24 heavy (non-hydrogen) atoms. The van der Waals surface area contributed by atoms with Crippen molar-refractivity contribution in [2.45, 2.75) is 26.4 Å². The number of carboxylic acids is 1. The number of aliphatic hydroxyl groups is 1. The van der Waals surface area contributed by atoms with Crippen LogP contribution in [0.25, 0.3) is 5.69 Å². The summed E-state index contributed by atoms with van der Waals surface area (Å²) in [4.78, 5) is 22.8. The molecule has 7 nitrogen and oxygen atoms in total. The zero-order chi connectivity index (χ0) is 18.1. The maximum atomic E-state index is 14.3. The highest BCUT2D eigenvalue weighted by atomic mass is 19.1. The SMILES string of the molecule is Cc1cc(C)n(-c2ccc(C(=O)NCC(C)(O)C(=O)O)cc2F)n1. The van der Waals surface area contributed by atoms with Gasteiger partial charge >= 0.3 is 5.97 Å². The molecule has 0 radical (unpaired) electrons. The highest BCUT2D eigenvalue weighted by molar-refractivity contribution is 5.94. The van der Waals surface area contributed by atoms with Crippen molar-refractivity contribution in [1.29, 1.82) is 0 Å². The molecule has 0 saturated carbocycles. The van der Waals surface area contributed by atoms with E-state index >= 15 is 0 Å². The number of aryl methyl sites for hydroxylation is 2. The van der Waals surface area contributed by atoms with E-state index in [1.807, 2.05) is 0 Å². The molecule has 2 aromatic rings. The Morgan fingerprint density at radius 3 is 2.50 bits per heavy atom. The molecule has 0 saturated heterocycles. The van der Waals surface area contributed by atoms with Gasteiger partial charge < -0.3 is 15.5 Å². The first-order valence-electron chi connectivity index (χ1n) is 7.19. The molecule has 0 aliphatic rings. The summed E-state index contributed by atoms with van der Waals surface area (Å²) in [7, 11) is 0. The van der Waals surface area contributed by atoms with Crippen LogP contribution in [0.15, 0.2) is 24.3 Å². The molecule has 0 aliphatic carbocycles. The molecule has 1 aromatic carbocycles. The Kier molecular flexibility index (Phi) is 4.70. The Balaban J connectivity index is 2.19. The highest BCUT2D eigenvalue weighted by Crippen LogP contribution is 2.17. The summed E-state index contributed by atoms with van der Waals surface area (Å²) in [6, 6.07) is 5.66. The number of hydrogen-bond donors (Lipinski definition) is 3. The number of carbonyl (C=O) groups excluding carboxylic acids is 1. The number of benzene rings is 1. The number of aromatic nitrogens is 2. The van der Waals surface area contributed by atoms with E-state index in [1.54, 1.807) is 19.9 Å². The van der Waals surface area contributed by atoms with Gasteiger partial charge in [-0.2, -0.15) is 5.10 Å². The quantitative estimate of drug-likeness (QED) is 0.761. The normalized spacial score (nSPS) is 13.4. The minimum atomic E-state index is -2.10. The zero-order valence-electron chi connectivity index (χ0n) is 13.5. The first-order chi connectivity index (χ1) is 11.1. The summed E-state index contributed by atoms with van der Waals surface area (Å²) in [6.07, 6.45) is 0. The Hall–Kier alpha value is -2.74. The fourth-order valence-electron chi connectivity index (χ4n) is 2.12. The average molecular weight is 335 g/mol. The van der Waals surface area contributed by atoms with Gasteiger partial charge in [0.15, 0.2) is 5.60 Å². The first-order valence-corrected chi connectivity index (χ1v) is 7.19. The van der Waals surface area contributed by atoms with Crippen LogP contribution in [0, 0.1) is 19.7 Å². The van der Waals surface area contributed by atoms with E-state index in [0.717, 1.165) is 24.4 Å². The molecule has 0 fully saturated rings. The van der Waals surface area contributed by atoms with Crippen LogP contribution in [-0.4, -0.2) is 44.0 Å². The van der Waals surface area contributed by atoms with E-state index in [9.17, 15) is 19.1 Å². The minimum Gasteiger partial charge on any atom is -0.479 e. The van der Waals surface area contributed by atoms with Crippen molar-refractivity contribution in [2.75, 3.05) is 6.54 Å². The number of amides is 1. The molecule has 2 rings (SSSR count). The van der Waals surface area contributed by atoms with Crippen molar-refractivity contribution in [1.82, 2.24) is 15.1 Å². The molecule has 1 amide bonds. The summed E-state index contributed by atoms with van der Waals surface area (Å²) in [5, 5.41) is 24.8. The molecule has 1 heterocycles. The Labute approximate surface area is 137 Å². The van der Waals surface area contributed by atoms with Crippen LogP contribution < -0.4 is 5.32 Å². The lowest BCUT2D eigenvalue weighted by Crippen LogP contribution is -2.46. The van der Waals surface area contributed by atoms with E-state index in [2.05, 4.69) is 10.4 Å². The van der Waals surface area contributed by atoms with Gasteiger partial charge in [0.1, 0.15) is 11.5 Å². The molecule has 8 heteroatoms.